The van der Waals surface area contributed by atoms with Gasteiger partial charge < -0.3 is 15.0 Å². The highest BCUT2D eigenvalue weighted by Crippen LogP contribution is 2.28. The molecule has 9 nitrogen and oxygen atoms in total. The molecule has 1 aliphatic rings. The number of nitrogens with one attached hydrogen (secondary N) is 1. The first-order valence-electron chi connectivity index (χ1n) is 10.5. The number of imide groups is 1. The lowest BCUT2D eigenvalue weighted by atomic mass is 10.1. The minimum Gasteiger partial charge on any atom is -0.465 e. The number of ether oxygens (including phenoxy) is 1. The summed E-state index contributed by atoms with van der Waals surface area (Å²) in [5.41, 5.74) is 1.98. The van der Waals surface area contributed by atoms with Gasteiger partial charge >= 0.3 is 12.0 Å². The van der Waals surface area contributed by atoms with Gasteiger partial charge in [-0.1, -0.05) is 24.3 Å². The Bertz CT molecular complexity index is 1200. The molecule has 34 heavy (non-hydrogen) atoms. The van der Waals surface area contributed by atoms with Crippen LogP contribution in [0.1, 0.15) is 22.3 Å². The molecule has 0 aliphatic carbocycles. The second kappa shape index (κ2) is 9.95. The topological polar surface area (TPSA) is 109 Å². The molecule has 0 radical (unpaired) electrons. The van der Waals surface area contributed by atoms with Gasteiger partial charge in [-0.05, 0) is 48.0 Å². The molecule has 9 heteroatoms. The largest absolute Gasteiger partial charge is 0.465 e. The summed E-state index contributed by atoms with van der Waals surface area (Å²) in [4.78, 5) is 57.5. The van der Waals surface area contributed by atoms with Crippen molar-refractivity contribution in [3.05, 3.63) is 90.3 Å². The Kier molecular flexibility index (Phi) is 6.63. The molecule has 4 amide bonds. The lowest BCUT2D eigenvalue weighted by Gasteiger charge is -2.21. The molecular weight excluding hydrogens is 436 g/mol. The number of anilines is 2. The van der Waals surface area contributed by atoms with E-state index < -0.39 is 29.9 Å². The van der Waals surface area contributed by atoms with Crippen molar-refractivity contribution in [2.24, 2.45) is 0 Å². The second-order valence-electron chi connectivity index (χ2n) is 7.62. The standard InChI is InChI=1S/C25H22N4O5/c1-34-24(32)18-9-11-19(12-10-18)27-22(30)14-21-23(31)29(20-7-3-2-4-8-20)25(33)28(21)16-17-6-5-13-26-15-17/h2-13,15,21H,14,16H2,1H3,(H,27,30)/t21-/m0/s1. The van der Waals surface area contributed by atoms with E-state index in [9.17, 15) is 19.2 Å². The maximum atomic E-state index is 13.3. The fraction of sp³-hybridized carbons (Fsp3) is 0.160. The monoisotopic (exact) mass is 458 g/mol. The summed E-state index contributed by atoms with van der Waals surface area (Å²) < 4.78 is 4.66. The van der Waals surface area contributed by atoms with E-state index in [1.54, 1.807) is 67.0 Å². The maximum absolute atomic E-state index is 13.3. The summed E-state index contributed by atoms with van der Waals surface area (Å²) in [5.74, 6) is -1.40. The Labute approximate surface area is 196 Å². The van der Waals surface area contributed by atoms with E-state index in [0.717, 1.165) is 10.5 Å². The van der Waals surface area contributed by atoms with Gasteiger partial charge in [-0.25, -0.2) is 14.5 Å². The number of urea groups is 1. The Balaban J connectivity index is 1.54. The molecule has 1 saturated heterocycles. The lowest BCUT2D eigenvalue weighted by Crippen LogP contribution is -2.37. The smallest absolute Gasteiger partial charge is 0.337 e. The molecule has 0 saturated carbocycles. The maximum Gasteiger partial charge on any atom is 0.337 e. The van der Waals surface area contributed by atoms with Crippen molar-refractivity contribution in [1.82, 2.24) is 9.88 Å². The second-order valence-corrected chi connectivity index (χ2v) is 7.62. The number of pyridine rings is 1. The van der Waals surface area contributed by atoms with Gasteiger partial charge in [-0.2, -0.15) is 0 Å². The molecule has 1 N–H and O–H groups in total. The number of para-hydroxylation sites is 1. The number of esters is 1. The van der Waals surface area contributed by atoms with E-state index in [2.05, 4.69) is 15.0 Å². The molecule has 0 unspecified atom stereocenters. The van der Waals surface area contributed by atoms with Crippen LogP contribution in [0, 0.1) is 0 Å². The summed E-state index contributed by atoms with van der Waals surface area (Å²) in [7, 11) is 1.29. The van der Waals surface area contributed by atoms with Crippen molar-refractivity contribution >= 4 is 35.2 Å². The van der Waals surface area contributed by atoms with E-state index in [4.69, 9.17) is 0 Å². The molecule has 2 aromatic carbocycles. The zero-order valence-electron chi connectivity index (χ0n) is 18.4. The first kappa shape index (κ1) is 22.7. The van der Waals surface area contributed by atoms with Crippen molar-refractivity contribution in [3.8, 4) is 0 Å². The predicted octanol–water partition coefficient (Wildman–Crippen LogP) is 3.23. The summed E-state index contributed by atoms with van der Waals surface area (Å²) in [6.45, 7) is 0.132. The number of aromatic nitrogens is 1. The molecule has 1 aliphatic heterocycles. The van der Waals surface area contributed by atoms with E-state index in [1.165, 1.54) is 24.1 Å². The molecule has 0 bridgehead atoms. The van der Waals surface area contributed by atoms with Gasteiger partial charge in [0.1, 0.15) is 6.04 Å². The molecular formula is C25H22N4O5. The first-order valence-corrected chi connectivity index (χ1v) is 10.5. The SMILES string of the molecule is COC(=O)c1ccc(NC(=O)C[C@H]2C(=O)N(c3ccccc3)C(=O)N2Cc2cccnc2)cc1. The molecule has 3 aromatic rings. The first-order chi connectivity index (χ1) is 16.5. The van der Waals surface area contributed by atoms with Crippen LogP contribution in [0.4, 0.5) is 16.2 Å². The van der Waals surface area contributed by atoms with Crippen LogP contribution in [0.2, 0.25) is 0 Å². The molecule has 0 spiro atoms. The number of hydrogen-bond donors (Lipinski definition) is 1. The average molecular weight is 458 g/mol. The summed E-state index contributed by atoms with van der Waals surface area (Å²) in [6, 6.07) is 16.8. The Hall–Kier alpha value is -4.53. The Morgan fingerprint density at radius 1 is 1.00 bits per heavy atom. The minimum atomic E-state index is -0.984. The van der Waals surface area contributed by atoms with Gasteiger partial charge in [0.15, 0.2) is 0 Å². The van der Waals surface area contributed by atoms with Gasteiger partial charge in [0, 0.05) is 24.6 Å². The average Bonchev–Trinajstić information content (AvgIpc) is 3.09. The van der Waals surface area contributed by atoms with Crippen LogP contribution in [0.5, 0.6) is 0 Å². The molecule has 2 heterocycles. The minimum absolute atomic E-state index is 0.132. The fourth-order valence-corrected chi connectivity index (χ4v) is 3.71. The van der Waals surface area contributed by atoms with E-state index in [-0.39, 0.29) is 13.0 Å². The number of carbonyl (C=O) groups excluding carboxylic acids is 4. The highest BCUT2D eigenvalue weighted by Gasteiger charge is 2.46. The Morgan fingerprint density at radius 3 is 2.38 bits per heavy atom. The molecule has 1 aromatic heterocycles. The van der Waals surface area contributed by atoms with E-state index >= 15 is 0 Å². The number of nitrogens with zero attached hydrogens (tertiary/aromatic N) is 3. The number of rotatable bonds is 7. The van der Waals surface area contributed by atoms with Crippen LogP contribution in [0.3, 0.4) is 0 Å². The van der Waals surface area contributed by atoms with Crippen LogP contribution in [0.15, 0.2) is 79.1 Å². The van der Waals surface area contributed by atoms with Crippen LogP contribution in [0.25, 0.3) is 0 Å². The van der Waals surface area contributed by atoms with Crippen LogP contribution in [-0.2, 0) is 20.9 Å². The van der Waals surface area contributed by atoms with Crippen LogP contribution in [-0.4, -0.2) is 46.9 Å². The van der Waals surface area contributed by atoms with Crippen molar-refractivity contribution in [3.63, 3.8) is 0 Å². The van der Waals surface area contributed by atoms with Crippen molar-refractivity contribution < 1.29 is 23.9 Å². The normalized spacial score (nSPS) is 15.4. The number of methoxy groups -OCH3 is 1. The summed E-state index contributed by atoms with van der Waals surface area (Å²) in [5, 5.41) is 2.72. The number of benzene rings is 2. The van der Waals surface area contributed by atoms with Crippen LogP contribution < -0.4 is 10.2 Å². The highest BCUT2D eigenvalue weighted by atomic mass is 16.5. The Morgan fingerprint density at radius 2 is 1.74 bits per heavy atom. The number of hydrogen-bond acceptors (Lipinski definition) is 6. The zero-order valence-corrected chi connectivity index (χ0v) is 18.4. The van der Waals surface area contributed by atoms with Crippen molar-refractivity contribution in [1.29, 1.82) is 0 Å². The predicted molar refractivity (Wildman–Crippen MR) is 124 cm³/mol. The third-order valence-electron chi connectivity index (χ3n) is 5.38. The van der Waals surface area contributed by atoms with Crippen molar-refractivity contribution in [2.45, 2.75) is 19.0 Å². The number of amides is 4. The summed E-state index contributed by atoms with van der Waals surface area (Å²) >= 11 is 0. The lowest BCUT2D eigenvalue weighted by molar-refractivity contribution is -0.124. The van der Waals surface area contributed by atoms with Gasteiger partial charge in [-0.3, -0.25) is 14.6 Å². The fourth-order valence-electron chi connectivity index (χ4n) is 3.71. The third kappa shape index (κ3) is 4.78. The zero-order chi connectivity index (χ0) is 24.1. The van der Waals surface area contributed by atoms with E-state index in [1.807, 2.05) is 0 Å². The molecule has 1 fully saturated rings. The summed E-state index contributed by atoms with van der Waals surface area (Å²) in [6.07, 6.45) is 3.00. The van der Waals surface area contributed by atoms with Crippen LogP contribution >= 0.6 is 0 Å². The van der Waals surface area contributed by atoms with E-state index in [0.29, 0.717) is 16.9 Å². The third-order valence-corrected chi connectivity index (χ3v) is 5.38. The van der Waals surface area contributed by atoms with Gasteiger partial charge in [0.25, 0.3) is 5.91 Å². The molecule has 172 valence electrons. The highest BCUT2D eigenvalue weighted by molar-refractivity contribution is 6.22. The van der Waals surface area contributed by atoms with Gasteiger partial charge in [-0.15, -0.1) is 0 Å². The quantitative estimate of drug-likeness (QED) is 0.430. The number of carbonyl (C=O) groups is 4. The van der Waals surface area contributed by atoms with Crippen molar-refractivity contribution in [2.75, 3.05) is 17.3 Å². The molecule has 4 rings (SSSR count). The van der Waals surface area contributed by atoms with Gasteiger partial charge in [0.2, 0.25) is 5.91 Å². The van der Waals surface area contributed by atoms with Gasteiger partial charge in [0.05, 0.1) is 24.8 Å². The molecule has 1 atom stereocenters.